The van der Waals surface area contributed by atoms with Gasteiger partial charge in [-0.05, 0) is 49.4 Å². The molecule has 0 aromatic heterocycles. The molecule has 2 rings (SSSR count). The number of thioether (sulfide) groups is 1. The number of esters is 1. The Labute approximate surface area is 152 Å². The van der Waals surface area contributed by atoms with Crippen molar-refractivity contribution in [1.82, 2.24) is 4.90 Å². The zero-order valence-corrected chi connectivity index (χ0v) is 15.0. The van der Waals surface area contributed by atoms with E-state index in [2.05, 4.69) is 0 Å². The smallest absolute Gasteiger partial charge is 0.329 e. The molecule has 24 heavy (non-hydrogen) atoms. The van der Waals surface area contributed by atoms with Gasteiger partial charge in [0, 0.05) is 0 Å². The van der Waals surface area contributed by atoms with Crippen molar-refractivity contribution in [2.45, 2.75) is 19.9 Å². The molecule has 1 aliphatic rings. The van der Waals surface area contributed by atoms with Gasteiger partial charge in [0.2, 0.25) is 0 Å². The number of amides is 2. The van der Waals surface area contributed by atoms with E-state index in [-0.39, 0.29) is 27.3 Å². The Kier molecular flexibility index (Phi) is 5.79. The van der Waals surface area contributed by atoms with E-state index in [1.54, 1.807) is 6.92 Å². The number of aromatic hydroxyl groups is 1. The van der Waals surface area contributed by atoms with Crippen LogP contribution in [0, 0.1) is 0 Å². The highest BCUT2D eigenvalue weighted by atomic mass is 35.5. The first-order valence-corrected chi connectivity index (χ1v) is 8.45. The summed E-state index contributed by atoms with van der Waals surface area (Å²) < 4.78 is 4.83. The van der Waals surface area contributed by atoms with Gasteiger partial charge >= 0.3 is 5.97 Å². The zero-order valence-electron chi connectivity index (χ0n) is 12.7. The molecule has 1 atom stereocenters. The predicted molar refractivity (Wildman–Crippen MR) is 92.0 cm³/mol. The number of carbonyl (C=O) groups is 3. The largest absolute Gasteiger partial charge is 0.505 e. The number of rotatable bonds is 4. The summed E-state index contributed by atoms with van der Waals surface area (Å²) in [6, 6.07) is 1.80. The van der Waals surface area contributed by atoms with Crippen molar-refractivity contribution in [1.29, 1.82) is 0 Å². The summed E-state index contributed by atoms with van der Waals surface area (Å²) in [5.41, 5.74) is 0.442. The van der Waals surface area contributed by atoms with Crippen LogP contribution < -0.4 is 0 Å². The second-order valence-electron chi connectivity index (χ2n) is 4.81. The standard InChI is InChI=1S/C15H13Cl2NO5S/c1-3-23-14(21)7(2)18-13(20)11(24-15(18)22)6-8-4-9(16)12(19)10(17)5-8/h4-7,19H,3H2,1-2H3/b11-6+/t7-/m0/s1. The molecule has 0 saturated carbocycles. The first-order chi connectivity index (χ1) is 11.3. The first-order valence-electron chi connectivity index (χ1n) is 6.88. The van der Waals surface area contributed by atoms with Crippen molar-refractivity contribution in [2.24, 2.45) is 0 Å². The van der Waals surface area contributed by atoms with Crippen LogP contribution in [0.4, 0.5) is 4.79 Å². The van der Waals surface area contributed by atoms with Crippen molar-refractivity contribution in [2.75, 3.05) is 6.61 Å². The van der Waals surface area contributed by atoms with Gasteiger partial charge in [0.15, 0.2) is 5.75 Å². The monoisotopic (exact) mass is 389 g/mol. The summed E-state index contributed by atoms with van der Waals surface area (Å²) in [6.07, 6.45) is 1.42. The number of hydrogen-bond acceptors (Lipinski definition) is 6. The number of phenolic OH excluding ortho intramolecular Hbond substituents is 1. The molecule has 1 saturated heterocycles. The SMILES string of the molecule is CCOC(=O)[C@H](C)N1C(=O)S/C(=C/c2cc(Cl)c(O)c(Cl)c2)C1=O. The van der Waals surface area contributed by atoms with Crippen LogP contribution in [0.15, 0.2) is 17.0 Å². The minimum Gasteiger partial charge on any atom is -0.505 e. The fourth-order valence-corrected chi connectivity index (χ4v) is 3.41. The van der Waals surface area contributed by atoms with Gasteiger partial charge in [-0.15, -0.1) is 0 Å². The molecule has 1 aromatic carbocycles. The molecular formula is C15H13Cl2NO5S. The predicted octanol–water partition coefficient (Wildman–Crippen LogP) is 3.69. The van der Waals surface area contributed by atoms with Gasteiger partial charge in [0.25, 0.3) is 11.1 Å². The maximum absolute atomic E-state index is 12.4. The lowest BCUT2D eigenvalue weighted by Gasteiger charge is -2.19. The number of imide groups is 1. The minimum atomic E-state index is -1.02. The van der Waals surface area contributed by atoms with Gasteiger partial charge in [-0.2, -0.15) is 0 Å². The molecule has 1 aliphatic heterocycles. The number of ether oxygens (including phenoxy) is 1. The third-order valence-electron chi connectivity index (χ3n) is 3.18. The van der Waals surface area contributed by atoms with E-state index < -0.39 is 23.2 Å². The number of halogens is 2. The second-order valence-corrected chi connectivity index (χ2v) is 6.62. The Morgan fingerprint density at radius 2 is 1.96 bits per heavy atom. The van der Waals surface area contributed by atoms with E-state index in [0.29, 0.717) is 17.3 Å². The molecular weight excluding hydrogens is 377 g/mol. The van der Waals surface area contributed by atoms with Crippen LogP contribution in [-0.2, 0) is 14.3 Å². The number of benzene rings is 1. The fraction of sp³-hybridized carbons (Fsp3) is 0.267. The highest BCUT2D eigenvalue weighted by Gasteiger charge is 2.41. The van der Waals surface area contributed by atoms with Crippen LogP contribution in [0.1, 0.15) is 19.4 Å². The quantitative estimate of drug-likeness (QED) is 0.624. The number of carbonyl (C=O) groups excluding carboxylic acids is 3. The van der Waals surface area contributed by atoms with E-state index in [1.165, 1.54) is 25.1 Å². The average Bonchev–Trinajstić information content (AvgIpc) is 2.78. The number of phenols is 1. The highest BCUT2D eigenvalue weighted by Crippen LogP contribution is 2.37. The Hall–Kier alpha value is -1.70. The van der Waals surface area contributed by atoms with Gasteiger partial charge in [-0.3, -0.25) is 14.5 Å². The van der Waals surface area contributed by atoms with Gasteiger partial charge in [0.1, 0.15) is 6.04 Å². The molecule has 6 nitrogen and oxygen atoms in total. The Bertz CT molecular complexity index is 726. The molecule has 0 radical (unpaired) electrons. The Balaban J connectivity index is 2.30. The molecule has 2 amide bonds. The average molecular weight is 390 g/mol. The molecule has 0 bridgehead atoms. The maximum Gasteiger partial charge on any atom is 0.329 e. The third-order valence-corrected chi connectivity index (χ3v) is 4.64. The topological polar surface area (TPSA) is 83.9 Å². The summed E-state index contributed by atoms with van der Waals surface area (Å²) in [7, 11) is 0. The van der Waals surface area contributed by atoms with Crippen LogP contribution in [0.2, 0.25) is 10.0 Å². The summed E-state index contributed by atoms with van der Waals surface area (Å²) in [6.45, 7) is 3.21. The molecule has 0 spiro atoms. The van der Waals surface area contributed by atoms with Crippen molar-refractivity contribution >= 4 is 58.2 Å². The van der Waals surface area contributed by atoms with Crippen molar-refractivity contribution < 1.29 is 24.2 Å². The maximum atomic E-state index is 12.4. The van der Waals surface area contributed by atoms with Crippen LogP contribution >= 0.6 is 35.0 Å². The van der Waals surface area contributed by atoms with E-state index in [1.807, 2.05) is 0 Å². The molecule has 1 aromatic rings. The Morgan fingerprint density at radius 3 is 2.50 bits per heavy atom. The van der Waals surface area contributed by atoms with Gasteiger partial charge < -0.3 is 9.84 Å². The third kappa shape index (κ3) is 3.68. The van der Waals surface area contributed by atoms with Gasteiger partial charge in [0.05, 0.1) is 21.6 Å². The van der Waals surface area contributed by atoms with Crippen molar-refractivity contribution in [3.63, 3.8) is 0 Å². The fourth-order valence-electron chi connectivity index (χ4n) is 2.00. The van der Waals surface area contributed by atoms with E-state index >= 15 is 0 Å². The van der Waals surface area contributed by atoms with E-state index in [0.717, 1.165) is 4.90 Å². The number of hydrogen-bond donors (Lipinski definition) is 1. The van der Waals surface area contributed by atoms with E-state index in [4.69, 9.17) is 27.9 Å². The van der Waals surface area contributed by atoms with Crippen LogP contribution in [0.5, 0.6) is 5.75 Å². The van der Waals surface area contributed by atoms with Crippen LogP contribution in [0.3, 0.4) is 0 Å². The van der Waals surface area contributed by atoms with Crippen LogP contribution in [0.25, 0.3) is 6.08 Å². The zero-order chi connectivity index (χ0) is 18.0. The summed E-state index contributed by atoms with van der Waals surface area (Å²) in [5, 5.41) is 9.02. The molecule has 1 fully saturated rings. The molecule has 0 aliphatic carbocycles. The number of nitrogens with zero attached hydrogens (tertiary/aromatic N) is 1. The first kappa shape index (κ1) is 18.6. The molecule has 128 valence electrons. The summed E-state index contributed by atoms with van der Waals surface area (Å²) >= 11 is 12.4. The lowest BCUT2D eigenvalue weighted by Crippen LogP contribution is -2.42. The highest BCUT2D eigenvalue weighted by molar-refractivity contribution is 8.18. The minimum absolute atomic E-state index is 0.0212. The van der Waals surface area contributed by atoms with Gasteiger partial charge in [-0.1, -0.05) is 23.2 Å². The van der Waals surface area contributed by atoms with E-state index in [9.17, 15) is 19.5 Å². The molecule has 1 N–H and O–H groups in total. The van der Waals surface area contributed by atoms with Crippen molar-refractivity contribution in [3.05, 3.63) is 32.6 Å². The lowest BCUT2D eigenvalue weighted by molar-refractivity contribution is -0.150. The van der Waals surface area contributed by atoms with Crippen molar-refractivity contribution in [3.8, 4) is 5.75 Å². The summed E-state index contributed by atoms with van der Waals surface area (Å²) in [4.78, 5) is 37.2. The Morgan fingerprint density at radius 1 is 1.38 bits per heavy atom. The molecule has 1 heterocycles. The second kappa shape index (κ2) is 7.46. The molecule has 9 heteroatoms. The lowest BCUT2D eigenvalue weighted by atomic mass is 10.2. The summed E-state index contributed by atoms with van der Waals surface area (Å²) in [5.74, 6) is -1.53. The normalized spacial score (nSPS) is 17.5. The van der Waals surface area contributed by atoms with Crippen LogP contribution in [-0.4, -0.2) is 39.8 Å². The molecule has 0 unspecified atom stereocenters. The van der Waals surface area contributed by atoms with Gasteiger partial charge in [-0.25, -0.2) is 4.79 Å².